The molecule has 3 N–H and O–H groups in total. The molecule has 80 valence electrons. The molecule has 0 heterocycles. The smallest absolute Gasteiger partial charge is 0.336 e. The van der Waals surface area contributed by atoms with Crippen molar-refractivity contribution in [3.63, 3.8) is 0 Å². The molecule has 15 heavy (non-hydrogen) atoms. The van der Waals surface area contributed by atoms with Gasteiger partial charge in [-0.2, -0.15) is 0 Å². The van der Waals surface area contributed by atoms with Crippen LogP contribution >= 0.6 is 0 Å². The normalized spacial score (nSPS) is 9.93. The van der Waals surface area contributed by atoms with E-state index >= 15 is 0 Å². The number of benzene rings is 1. The van der Waals surface area contributed by atoms with Gasteiger partial charge in [0.25, 0.3) is 0 Å². The SMILES string of the molecule is CCc1c(C(=O)O)cc(O)cc1C(=O)O. The second-order valence-electron chi connectivity index (χ2n) is 2.98. The second kappa shape index (κ2) is 4.00. The van der Waals surface area contributed by atoms with Gasteiger partial charge in [0.1, 0.15) is 5.75 Å². The van der Waals surface area contributed by atoms with Gasteiger partial charge in [-0.3, -0.25) is 0 Å². The summed E-state index contributed by atoms with van der Waals surface area (Å²) < 4.78 is 0. The largest absolute Gasteiger partial charge is 0.508 e. The van der Waals surface area contributed by atoms with E-state index in [-0.39, 0.29) is 28.9 Å². The minimum atomic E-state index is -1.25. The van der Waals surface area contributed by atoms with Gasteiger partial charge in [0, 0.05) is 0 Å². The molecule has 0 amide bonds. The number of rotatable bonds is 3. The van der Waals surface area contributed by atoms with Gasteiger partial charge in [0.05, 0.1) is 11.1 Å². The molecule has 5 heteroatoms. The average Bonchev–Trinajstić information content (AvgIpc) is 2.16. The maximum absolute atomic E-state index is 10.8. The predicted molar refractivity (Wildman–Crippen MR) is 51.4 cm³/mol. The van der Waals surface area contributed by atoms with Crippen LogP contribution in [0.1, 0.15) is 33.2 Å². The van der Waals surface area contributed by atoms with E-state index in [9.17, 15) is 14.7 Å². The van der Waals surface area contributed by atoms with Gasteiger partial charge in [-0.25, -0.2) is 9.59 Å². The molecule has 0 unspecified atom stereocenters. The highest BCUT2D eigenvalue weighted by Crippen LogP contribution is 2.22. The van der Waals surface area contributed by atoms with Crippen molar-refractivity contribution in [2.45, 2.75) is 13.3 Å². The summed E-state index contributed by atoms with van der Waals surface area (Å²) in [5.41, 5.74) is -0.127. The number of aromatic carboxylic acids is 2. The Balaban J connectivity index is 3.52. The molecule has 0 bridgehead atoms. The zero-order chi connectivity index (χ0) is 11.6. The lowest BCUT2D eigenvalue weighted by Crippen LogP contribution is -2.09. The van der Waals surface area contributed by atoms with Crippen LogP contribution in [-0.4, -0.2) is 27.3 Å². The molecule has 0 aromatic heterocycles. The van der Waals surface area contributed by atoms with Crippen molar-refractivity contribution in [2.24, 2.45) is 0 Å². The molecule has 0 fully saturated rings. The number of phenolic OH excluding ortho intramolecular Hbond substituents is 1. The lowest BCUT2D eigenvalue weighted by molar-refractivity contribution is 0.0694. The summed E-state index contributed by atoms with van der Waals surface area (Å²) in [7, 11) is 0. The third kappa shape index (κ3) is 2.07. The Labute approximate surface area is 85.6 Å². The number of carboxylic acid groups (broad SMARTS) is 2. The van der Waals surface area contributed by atoms with E-state index in [1.54, 1.807) is 6.92 Å². The molecule has 0 spiro atoms. The molecule has 0 radical (unpaired) electrons. The molecule has 1 aromatic rings. The highest BCUT2D eigenvalue weighted by atomic mass is 16.4. The highest BCUT2D eigenvalue weighted by molar-refractivity contribution is 5.97. The van der Waals surface area contributed by atoms with Crippen LogP contribution in [0.25, 0.3) is 0 Å². The first-order chi connectivity index (χ1) is 6.97. The first-order valence-electron chi connectivity index (χ1n) is 4.29. The monoisotopic (exact) mass is 210 g/mol. The van der Waals surface area contributed by atoms with E-state index in [1.807, 2.05) is 0 Å². The van der Waals surface area contributed by atoms with Gasteiger partial charge in [-0.1, -0.05) is 6.92 Å². The van der Waals surface area contributed by atoms with Crippen LogP contribution in [0.5, 0.6) is 5.75 Å². The zero-order valence-corrected chi connectivity index (χ0v) is 8.02. The Hall–Kier alpha value is -2.04. The Morgan fingerprint density at radius 1 is 1.13 bits per heavy atom. The minimum Gasteiger partial charge on any atom is -0.508 e. The van der Waals surface area contributed by atoms with E-state index in [2.05, 4.69) is 0 Å². The average molecular weight is 210 g/mol. The quantitative estimate of drug-likeness (QED) is 0.699. The lowest BCUT2D eigenvalue weighted by atomic mass is 9.98. The molecule has 0 aliphatic rings. The summed E-state index contributed by atoms with van der Waals surface area (Å²) in [5, 5.41) is 26.8. The lowest BCUT2D eigenvalue weighted by Gasteiger charge is -2.08. The van der Waals surface area contributed by atoms with Crippen LogP contribution in [0.15, 0.2) is 12.1 Å². The fourth-order valence-electron chi connectivity index (χ4n) is 1.42. The first-order valence-corrected chi connectivity index (χ1v) is 4.29. The molecule has 5 nitrogen and oxygen atoms in total. The third-order valence-corrected chi connectivity index (χ3v) is 2.05. The number of hydrogen-bond acceptors (Lipinski definition) is 3. The van der Waals surface area contributed by atoms with E-state index in [1.165, 1.54) is 0 Å². The van der Waals surface area contributed by atoms with Gasteiger partial charge >= 0.3 is 11.9 Å². The van der Waals surface area contributed by atoms with Gasteiger partial charge < -0.3 is 15.3 Å². The summed E-state index contributed by atoms with van der Waals surface area (Å²) in [4.78, 5) is 21.6. The molecule has 1 rings (SSSR count). The maximum Gasteiger partial charge on any atom is 0.336 e. The first kappa shape index (κ1) is 11.0. The standard InChI is InChI=1S/C10H10O5/c1-2-6-7(9(12)13)3-5(11)4-8(6)10(14)15/h3-4,11H,2H2,1H3,(H,12,13)(H,14,15). The zero-order valence-electron chi connectivity index (χ0n) is 8.02. The van der Waals surface area contributed by atoms with Gasteiger partial charge in [0.2, 0.25) is 0 Å². The van der Waals surface area contributed by atoms with E-state index < -0.39 is 11.9 Å². The molecule has 1 aromatic carbocycles. The van der Waals surface area contributed by atoms with E-state index in [0.29, 0.717) is 0 Å². The van der Waals surface area contributed by atoms with Crippen molar-refractivity contribution in [3.05, 3.63) is 28.8 Å². The van der Waals surface area contributed by atoms with Crippen LogP contribution in [0.2, 0.25) is 0 Å². The number of carbonyl (C=O) groups is 2. The molecular weight excluding hydrogens is 200 g/mol. The minimum absolute atomic E-state index is 0.171. The number of carboxylic acids is 2. The molecule has 0 saturated heterocycles. The summed E-state index contributed by atoms with van der Waals surface area (Å²) in [5.74, 6) is -2.85. The summed E-state index contributed by atoms with van der Waals surface area (Å²) in [6, 6.07) is 2.10. The predicted octanol–water partition coefficient (Wildman–Crippen LogP) is 1.35. The topological polar surface area (TPSA) is 94.8 Å². The van der Waals surface area contributed by atoms with Crippen LogP contribution in [0.4, 0.5) is 0 Å². The van der Waals surface area contributed by atoms with Crippen molar-refractivity contribution < 1.29 is 24.9 Å². The van der Waals surface area contributed by atoms with Gasteiger partial charge in [-0.05, 0) is 24.1 Å². The van der Waals surface area contributed by atoms with Crippen molar-refractivity contribution in [3.8, 4) is 5.75 Å². The fourth-order valence-corrected chi connectivity index (χ4v) is 1.42. The molecule has 0 atom stereocenters. The molecular formula is C10H10O5. The Kier molecular flexibility index (Phi) is 2.94. The number of aromatic hydroxyl groups is 1. The Morgan fingerprint density at radius 2 is 1.53 bits per heavy atom. The summed E-state index contributed by atoms with van der Waals surface area (Å²) in [6.45, 7) is 1.66. The molecule has 0 aliphatic carbocycles. The van der Waals surface area contributed by atoms with Crippen LogP contribution in [0.3, 0.4) is 0 Å². The van der Waals surface area contributed by atoms with Gasteiger partial charge in [0.15, 0.2) is 0 Å². The van der Waals surface area contributed by atoms with Gasteiger partial charge in [-0.15, -0.1) is 0 Å². The number of phenols is 1. The van der Waals surface area contributed by atoms with Crippen LogP contribution in [0, 0.1) is 0 Å². The fraction of sp³-hybridized carbons (Fsp3) is 0.200. The molecule has 0 saturated carbocycles. The summed E-state index contributed by atoms with van der Waals surface area (Å²) in [6.07, 6.45) is 0.281. The second-order valence-corrected chi connectivity index (χ2v) is 2.98. The maximum atomic E-state index is 10.8. The van der Waals surface area contributed by atoms with Crippen molar-refractivity contribution >= 4 is 11.9 Å². The Bertz CT molecular complexity index is 387. The number of hydrogen-bond donors (Lipinski definition) is 3. The van der Waals surface area contributed by atoms with E-state index in [0.717, 1.165) is 12.1 Å². The van der Waals surface area contributed by atoms with Crippen molar-refractivity contribution in [2.75, 3.05) is 0 Å². The highest BCUT2D eigenvalue weighted by Gasteiger charge is 2.18. The summed E-state index contributed by atoms with van der Waals surface area (Å²) >= 11 is 0. The third-order valence-electron chi connectivity index (χ3n) is 2.05. The van der Waals surface area contributed by atoms with E-state index in [4.69, 9.17) is 10.2 Å². The molecule has 0 aliphatic heterocycles. The van der Waals surface area contributed by atoms with Crippen LogP contribution < -0.4 is 0 Å². The van der Waals surface area contributed by atoms with Crippen molar-refractivity contribution in [1.82, 2.24) is 0 Å². The van der Waals surface area contributed by atoms with Crippen LogP contribution in [-0.2, 0) is 6.42 Å². The van der Waals surface area contributed by atoms with Crippen molar-refractivity contribution in [1.29, 1.82) is 0 Å². The Morgan fingerprint density at radius 3 is 1.80 bits per heavy atom.